The van der Waals surface area contributed by atoms with E-state index in [1.807, 2.05) is 12.1 Å². The molecule has 172 valence electrons. The molecule has 4 aromatic rings. The van der Waals surface area contributed by atoms with E-state index in [0.29, 0.717) is 16.8 Å². The van der Waals surface area contributed by atoms with E-state index in [-0.39, 0.29) is 22.2 Å². The number of carbonyl (C=O) groups is 1. The van der Waals surface area contributed by atoms with E-state index in [4.69, 9.17) is 0 Å². The molecule has 3 aromatic carbocycles. The van der Waals surface area contributed by atoms with Crippen molar-refractivity contribution in [1.29, 1.82) is 0 Å². The van der Waals surface area contributed by atoms with Gasteiger partial charge in [0.25, 0.3) is 21.6 Å². The molecule has 11 heteroatoms. The second kappa shape index (κ2) is 9.16. The molecule has 0 saturated heterocycles. The largest absolute Gasteiger partial charge is 0.322 e. The van der Waals surface area contributed by atoms with E-state index in [1.165, 1.54) is 43.3 Å². The van der Waals surface area contributed by atoms with Gasteiger partial charge in [0.2, 0.25) is 0 Å². The Morgan fingerprint density at radius 3 is 2.44 bits per heavy atom. The normalized spacial score (nSPS) is 11.1. The van der Waals surface area contributed by atoms with Crippen LogP contribution in [-0.4, -0.2) is 29.4 Å². The van der Waals surface area contributed by atoms with Crippen LogP contribution in [0.3, 0.4) is 0 Å². The van der Waals surface area contributed by atoms with Gasteiger partial charge in [-0.3, -0.25) is 24.7 Å². The van der Waals surface area contributed by atoms with Crippen molar-refractivity contribution in [2.45, 2.75) is 11.8 Å². The molecule has 0 bridgehead atoms. The predicted molar refractivity (Wildman–Crippen MR) is 127 cm³/mol. The van der Waals surface area contributed by atoms with E-state index < -0.39 is 14.9 Å². The maximum Gasteiger partial charge on any atom is 0.273 e. The number of anilines is 2. The number of rotatable bonds is 7. The van der Waals surface area contributed by atoms with Crippen molar-refractivity contribution in [2.24, 2.45) is 0 Å². The van der Waals surface area contributed by atoms with Gasteiger partial charge in [-0.2, -0.15) is 5.10 Å². The van der Waals surface area contributed by atoms with Gasteiger partial charge in [0.1, 0.15) is 0 Å². The standard InChI is InChI=1S/C23H19N5O5S/c1-15-5-10-20(14-22(15)28(30)31)34(32,33)27-18-8-6-16(7-9-18)23(29)25-19-4-2-3-17(13-19)21-11-12-24-26-21/h2-14,27H,1H3,(H,24,26)(H,25,29). The Hall–Kier alpha value is -4.51. The summed E-state index contributed by atoms with van der Waals surface area (Å²) in [6, 6.07) is 18.6. The van der Waals surface area contributed by atoms with Crippen molar-refractivity contribution in [1.82, 2.24) is 10.2 Å². The summed E-state index contributed by atoms with van der Waals surface area (Å²) in [5.41, 5.74) is 2.86. The molecule has 34 heavy (non-hydrogen) atoms. The Bertz CT molecular complexity index is 1470. The SMILES string of the molecule is Cc1ccc(S(=O)(=O)Nc2ccc(C(=O)Nc3cccc(-c4ccn[nH]4)c3)cc2)cc1[N+](=O)[O-]. The lowest BCUT2D eigenvalue weighted by atomic mass is 10.1. The van der Waals surface area contributed by atoms with E-state index in [2.05, 4.69) is 20.2 Å². The van der Waals surface area contributed by atoms with Crippen LogP contribution in [0.4, 0.5) is 17.1 Å². The quantitative estimate of drug-likeness (QED) is 0.266. The Morgan fingerprint density at radius 1 is 1.00 bits per heavy atom. The maximum absolute atomic E-state index is 12.7. The number of aromatic nitrogens is 2. The first-order chi connectivity index (χ1) is 16.2. The Kier molecular flexibility index (Phi) is 6.11. The summed E-state index contributed by atoms with van der Waals surface area (Å²) in [5.74, 6) is -0.370. The fraction of sp³-hybridized carbons (Fsp3) is 0.0435. The average molecular weight is 478 g/mol. The molecule has 0 atom stereocenters. The highest BCUT2D eigenvalue weighted by molar-refractivity contribution is 7.92. The molecule has 1 heterocycles. The highest BCUT2D eigenvalue weighted by atomic mass is 32.2. The zero-order chi connectivity index (χ0) is 24.3. The van der Waals surface area contributed by atoms with Gasteiger partial charge < -0.3 is 5.32 Å². The number of nitrogens with zero attached hydrogens (tertiary/aromatic N) is 2. The molecule has 3 N–H and O–H groups in total. The highest BCUT2D eigenvalue weighted by Gasteiger charge is 2.20. The molecule has 0 unspecified atom stereocenters. The predicted octanol–water partition coefficient (Wildman–Crippen LogP) is 4.35. The number of aromatic amines is 1. The molecule has 0 aliphatic heterocycles. The molecule has 10 nitrogen and oxygen atoms in total. The molecule has 0 saturated carbocycles. The van der Waals surface area contributed by atoms with Crippen LogP contribution >= 0.6 is 0 Å². The molecule has 0 aliphatic rings. The zero-order valence-electron chi connectivity index (χ0n) is 17.8. The number of H-pyrrole nitrogens is 1. The maximum atomic E-state index is 12.7. The number of benzene rings is 3. The van der Waals surface area contributed by atoms with Crippen LogP contribution in [0.5, 0.6) is 0 Å². The minimum Gasteiger partial charge on any atom is -0.322 e. The molecule has 1 aromatic heterocycles. The number of aryl methyl sites for hydroxylation is 1. The van der Waals surface area contributed by atoms with Gasteiger partial charge in [-0.15, -0.1) is 0 Å². The first-order valence-electron chi connectivity index (χ1n) is 10.0. The fourth-order valence-corrected chi connectivity index (χ4v) is 4.32. The number of carbonyl (C=O) groups excluding carboxylic acids is 1. The van der Waals surface area contributed by atoms with Gasteiger partial charge >= 0.3 is 0 Å². The van der Waals surface area contributed by atoms with Crippen LogP contribution in [0.25, 0.3) is 11.3 Å². The summed E-state index contributed by atoms with van der Waals surface area (Å²) < 4.78 is 27.7. The van der Waals surface area contributed by atoms with Gasteiger partial charge in [0.15, 0.2) is 0 Å². The van der Waals surface area contributed by atoms with Crippen LogP contribution in [0.1, 0.15) is 15.9 Å². The molecule has 0 radical (unpaired) electrons. The fourth-order valence-electron chi connectivity index (χ4n) is 3.24. The lowest BCUT2D eigenvalue weighted by Crippen LogP contribution is -2.14. The van der Waals surface area contributed by atoms with Gasteiger partial charge in [-0.05, 0) is 55.5 Å². The van der Waals surface area contributed by atoms with E-state index >= 15 is 0 Å². The number of nitrogens with one attached hydrogen (secondary N) is 3. The van der Waals surface area contributed by atoms with Crippen LogP contribution in [0.2, 0.25) is 0 Å². The molecular weight excluding hydrogens is 458 g/mol. The molecule has 4 rings (SSSR count). The Labute approximate surface area is 194 Å². The lowest BCUT2D eigenvalue weighted by molar-refractivity contribution is -0.385. The highest BCUT2D eigenvalue weighted by Crippen LogP contribution is 2.25. The zero-order valence-corrected chi connectivity index (χ0v) is 18.7. The Morgan fingerprint density at radius 2 is 1.76 bits per heavy atom. The van der Waals surface area contributed by atoms with Crippen LogP contribution in [0, 0.1) is 17.0 Å². The van der Waals surface area contributed by atoms with Gasteiger partial charge in [0, 0.05) is 40.3 Å². The van der Waals surface area contributed by atoms with Gasteiger partial charge in [-0.25, -0.2) is 8.42 Å². The molecule has 0 fully saturated rings. The third-order valence-corrected chi connectivity index (χ3v) is 6.40. The number of sulfonamides is 1. The van der Waals surface area contributed by atoms with Gasteiger partial charge in [0.05, 0.1) is 15.5 Å². The van der Waals surface area contributed by atoms with E-state index in [0.717, 1.165) is 17.3 Å². The summed E-state index contributed by atoms with van der Waals surface area (Å²) in [5, 5.41) is 20.7. The van der Waals surface area contributed by atoms with Crippen molar-refractivity contribution in [3.63, 3.8) is 0 Å². The van der Waals surface area contributed by atoms with Crippen LogP contribution in [-0.2, 0) is 10.0 Å². The third kappa shape index (κ3) is 4.94. The molecule has 0 spiro atoms. The third-order valence-electron chi connectivity index (χ3n) is 5.02. The van der Waals surface area contributed by atoms with Crippen LogP contribution < -0.4 is 10.0 Å². The number of hydrogen-bond acceptors (Lipinski definition) is 6. The molecule has 0 aliphatic carbocycles. The molecular formula is C23H19N5O5S. The monoisotopic (exact) mass is 477 g/mol. The smallest absolute Gasteiger partial charge is 0.273 e. The van der Waals surface area contributed by atoms with Gasteiger partial charge in [-0.1, -0.05) is 18.2 Å². The first kappa shape index (κ1) is 22.7. The number of amides is 1. The van der Waals surface area contributed by atoms with Crippen molar-refractivity contribution < 1.29 is 18.1 Å². The second-order valence-electron chi connectivity index (χ2n) is 7.39. The van der Waals surface area contributed by atoms with Crippen molar-refractivity contribution >= 4 is 33.0 Å². The van der Waals surface area contributed by atoms with E-state index in [1.54, 1.807) is 24.4 Å². The van der Waals surface area contributed by atoms with Crippen molar-refractivity contribution in [2.75, 3.05) is 10.0 Å². The number of hydrogen-bond donors (Lipinski definition) is 3. The minimum atomic E-state index is -4.06. The number of nitro groups is 1. The first-order valence-corrected chi connectivity index (χ1v) is 11.5. The van der Waals surface area contributed by atoms with Crippen molar-refractivity contribution in [3.8, 4) is 11.3 Å². The second-order valence-corrected chi connectivity index (χ2v) is 9.08. The topological polar surface area (TPSA) is 147 Å². The summed E-state index contributed by atoms with van der Waals surface area (Å²) in [4.78, 5) is 22.9. The summed E-state index contributed by atoms with van der Waals surface area (Å²) >= 11 is 0. The number of nitro benzene ring substituents is 1. The molecule has 1 amide bonds. The minimum absolute atomic E-state index is 0.209. The van der Waals surface area contributed by atoms with Crippen LogP contribution in [0.15, 0.2) is 83.9 Å². The summed E-state index contributed by atoms with van der Waals surface area (Å²) in [6.07, 6.45) is 1.64. The summed E-state index contributed by atoms with van der Waals surface area (Å²) in [7, 11) is -4.06. The Balaban J connectivity index is 1.47. The van der Waals surface area contributed by atoms with Crippen molar-refractivity contribution in [3.05, 3.63) is 100 Å². The van der Waals surface area contributed by atoms with E-state index in [9.17, 15) is 23.3 Å². The average Bonchev–Trinajstić information content (AvgIpc) is 3.34. The summed E-state index contributed by atoms with van der Waals surface area (Å²) in [6.45, 7) is 1.53. The lowest BCUT2D eigenvalue weighted by Gasteiger charge is -2.10.